The van der Waals surface area contributed by atoms with Crippen LogP contribution in [0.5, 0.6) is 0 Å². The minimum absolute atomic E-state index is 1.00. The predicted molar refractivity (Wildman–Crippen MR) is 60.9 cm³/mol. The van der Waals surface area contributed by atoms with Gasteiger partial charge in [0.05, 0.1) is 0 Å². The van der Waals surface area contributed by atoms with Crippen molar-refractivity contribution in [3.8, 4) is 0 Å². The van der Waals surface area contributed by atoms with Gasteiger partial charge in [0.2, 0.25) is 0 Å². The van der Waals surface area contributed by atoms with E-state index < -0.39 is 0 Å². The predicted octanol–water partition coefficient (Wildman–Crippen LogP) is 3.02. The third kappa shape index (κ3) is 9.09. The Kier molecular flexibility index (Phi) is 7.32. The number of hydrogen-bond donors (Lipinski definition) is 0. The minimum Gasteiger partial charge on any atom is -0.303 e. The van der Waals surface area contributed by atoms with Gasteiger partial charge in [0.1, 0.15) is 0 Å². The first-order chi connectivity index (χ1) is 6.16. The van der Waals surface area contributed by atoms with Crippen molar-refractivity contribution in [1.29, 1.82) is 0 Å². The number of rotatable bonds is 7. The van der Waals surface area contributed by atoms with Gasteiger partial charge in [-0.2, -0.15) is 0 Å². The van der Waals surface area contributed by atoms with Crippen molar-refractivity contribution < 1.29 is 0 Å². The van der Waals surface area contributed by atoms with Crippen molar-refractivity contribution in [2.75, 3.05) is 20.1 Å². The second-order valence-electron chi connectivity index (χ2n) is 3.44. The highest BCUT2D eigenvalue weighted by Crippen LogP contribution is 1.94. The summed E-state index contributed by atoms with van der Waals surface area (Å²) in [7, 11) is 2.13. The molecule has 0 atom stereocenters. The van der Waals surface area contributed by atoms with Gasteiger partial charge in [-0.3, -0.25) is 0 Å². The Morgan fingerprint density at radius 3 is 2.69 bits per heavy atom. The van der Waals surface area contributed by atoms with Crippen LogP contribution in [-0.2, 0) is 0 Å². The summed E-state index contributed by atoms with van der Waals surface area (Å²) in [6.07, 6.45) is 8.48. The molecule has 0 aromatic rings. The molecule has 0 amide bonds. The molecule has 0 N–H and O–H groups in total. The van der Waals surface area contributed by atoms with Crippen LogP contribution in [0.3, 0.4) is 0 Å². The van der Waals surface area contributed by atoms with E-state index in [0.29, 0.717) is 0 Å². The molecule has 1 nitrogen and oxygen atoms in total. The maximum absolute atomic E-state index is 3.81. The second-order valence-corrected chi connectivity index (χ2v) is 3.44. The maximum atomic E-state index is 3.81. The Labute approximate surface area is 82.4 Å². The molecular weight excluding hydrogens is 158 g/mol. The van der Waals surface area contributed by atoms with Crippen LogP contribution < -0.4 is 0 Å². The fourth-order valence-corrected chi connectivity index (χ4v) is 1.03. The third-order valence-corrected chi connectivity index (χ3v) is 1.77. The Hall–Kier alpha value is -0.820. The van der Waals surface area contributed by atoms with Gasteiger partial charge >= 0.3 is 0 Å². The number of unbranched alkanes of at least 4 members (excludes halogenated alkanes) is 1. The van der Waals surface area contributed by atoms with E-state index in [-0.39, 0.29) is 0 Å². The molecule has 0 rings (SSSR count). The van der Waals surface area contributed by atoms with Gasteiger partial charge in [-0.05, 0) is 33.4 Å². The second kappa shape index (κ2) is 7.81. The molecule has 0 saturated carbocycles. The van der Waals surface area contributed by atoms with E-state index in [9.17, 15) is 0 Å². The Bertz CT molecular complexity index is 180. The van der Waals surface area contributed by atoms with Crippen molar-refractivity contribution in [3.63, 3.8) is 0 Å². The molecule has 0 heterocycles. The van der Waals surface area contributed by atoms with E-state index in [2.05, 4.69) is 37.3 Å². The summed E-state index contributed by atoms with van der Waals surface area (Å²) in [6.45, 7) is 11.7. The number of hydrogen-bond acceptors (Lipinski definition) is 1. The molecule has 0 spiro atoms. The fourth-order valence-electron chi connectivity index (χ4n) is 1.03. The molecule has 0 aliphatic carbocycles. The van der Waals surface area contributed by atoms with Crippen LogP contribution in [0.4, 0.5) is 0 Å². The smallest absolute Gasteiger partial charge is 0.0163 e. The van der Waals surface area contributed by atoms with Crippen LogP contribution in [0.2, 0.25) is 0 Å². The van der Waals surface area contributed by atoms with Gasteiger partial charge in [-0.1, -0.05) is 30.4 Å². The Morgan fingerprint density at radius 2 is 2.15 bits per heavy atom. The van der Waals surface area contributed by atoms with E-state index in [1.807, 2.05) is 13.0 Å². The first kappa shape index (κ1) is 12.2. The van der Waals surface area contributed by atoms with Crippen molar-refractivity contribution in [3.05, 3.63) is 37.0 Å². The van der Waals surface area contributed by atoms with Gasteiger partial charge in [0.15, 0.2) is 0 Å². The molecule has 0 aliphatic heterocycles. The molecular formula is C12H21N. The zero-order valence-electron chi connectivity index (χ0n) is 8.92. The van der Waals surface area contributed by atoms with E-state index >= 15 is 0 Å². The summed E-state index contributed by atoms with van der Waals surface area (Å²) in [5.74, 6) is 0. The third-order valence-electron chi connectivity index (χ3n) is 1.77. The number of nitrogens with zero attached hydrogens (tertiary/aromatic N) is 1. The molecule has 1 heteroatoms. The quantitative estimate of drug-likeness (QED) is 0.330. The van der Waals surface area contributed by atoms with E-state index in [1.54, 1.807) is 0 Å². The van der Waals surface area contributed by atoms with E-state index in [1.165, 1.54) is 6.42 Å². The zero-order chi connectivity index (χ0) is 10.1. The molecule has 0 fully saturated rings. The molecule has 0 unspecified atom stereocenters. The van der Waals surface area contributed by atoms with Gasteiger partial charge in [-0.25, -0.2) is 0 Å². The summed E-state index contributed by atoms with van der Waals surface area (Å²) in [6, 6.07) is 0. The average Bonchev–Trinajstić information content (AvgIpc) is 2.04. The lowest BCUT2D eigenvalue weighted by atomic mass is 10.3. The summed E-state index contributed by atoms with van der Waals surface area (Å²) in [4.78, 5) is 2.29. The molecule has 13 heavy (non-hydrogen) atoms. The van der Waals surface area contributed by atoms with Crippen LogP contribution in [0.15, 0.2) is 37.0 Å². The summed E-state index contributed by atoms with van der Waals surface area (Å²) >= 11 is 0. The van der Waals surface area contributed by atoms with Crippen molar-refractivity contribution >= 4 is 0 Å². The average molecular weight is 179 g/mol. The minimum atomic E-state index is 1.00. The summed E-state index contributed by atoms with van der Waals surface area (Å²) in [5, 5.41) is 0. The molecule has 0 aromatic carbocycles. The van der Waals surface area contributed by atoms with Crippen LogP contribution in [0.1, 0.15) is 19.8 Å². The normalized spacial score (nSPS) is 11.0. The summed E-state index contributed by atoms with van der Waals surface area (Å²) < 4.78 is 0. The molecule has 74 valence electrons. The lowest BCUT2D eigenvalue weighted by Gasteiger charge is -2.12. The SMILES string of the molecule is C=CCCCN(C)C/C=C/C(=C)C. The molecule has 0 saturated heterocycles. The highest BCUT2D eigenvalue weighted by Gasteiger charge is 1.92. The van der Waals surface area contributed by atoms with Crippen LogP contribution in [0.25, 0.3) is 0 Å². The molecule has 0 bridgehead atoms. The monoisotopic (exact) mass is 179 g/mol. The largest absolute Gasteiger partial charge is 0.303 e. The van der Waals surface area contributed by atoms with Crippen LogP contribution in [-0.4, -0.2) is 25.0 Å². The van der Waals surface area contributed by atoms with Gasteiger partial charge < -0.3 is 4.90 Å². The summed E-state index contributed by atoms with van der Waals surface area (Å²) in [5.41, 5.74) is 1.11. The maximum Gasteiger partial charge on any atom is 0.0163 e. The standard InChI is InChI=1S/C12H21N/c1-5-6-7-10-13(4)11-8-9-12(2)3/h5,8-9H,1-2,6-7,10-11H2,3-4H3/b9-8+. The topological polar surface area (TPSA) is 3.24 Å². The lowest BCUT2D eigenvalue weighted by Crippen LogP contribution is -2.19. The van der Waals surface area contributed by atoms with Gasteiger partial charge in [-0.15, -0.1) is 6.58 Å². The van der Waals surface area contributed by atoms with Crippen LogP contribution in [0, 0.1) is 0 Å². The Balaban J connectivity index is 3.44. The van der Waals surface area contributed by atoms with Gasteiger partial charge in [0, 0.05) is 6.54 Å². The molecule has 0 aliphatic rings. The van der Waals surface area contributed by atoms with Crippen molar-refractivity contribution in [2.45, 2.75) is 19.8 Å². The molecule has 0 aromatic heterocycles. The van der Waals surface area contributed by atoms with Crippen molar-refractivity contribution in [2.24, 2.45) is 0 Å². The number of allylic oxidation sites excluding steroid dienone is 3. The van der Waals surface area contributed by atoms with E-state index in [0.717, 1.165) is 25.1 Å². The van der Waals surface area contributed by atoms with E-state index in [4.69, 9.17) is 0 Å². The zero-order valence-corrected chi connectivity index (χ0v) is 8.92. The first-order valence-corrected chi connectivity index (χ1v) is 4.78. The van der Waals surface area contributed by atoms with Gasteiger partial charge in [0.25, 0.3) is 0 Å². The highest BCUT2D eigenvalue weighted by molar-refractivity contribution is 5.11. The van der Waals surface area contributed by atoms with Crippen molar-refractivity contribution in [1.82, 2.24) is 4.90 Å². The first-order valence-electron chi connectivity index (χ1n) is 4.78. The van der Waals surface area contributed by atoms with Crippen LogP contribution >= 0.6 is 0 Å². The lowest BCUT2D eigenvalue weighted by molar-refractivity contribution is 0.365. The highest BCUT2D eigenvalue weighted by atomic mass is 15.1. The Morgan fingerprint density at radius 1 is 1.46 bits per heavy atom. The number of likely N-dealkylation sites (N-methyl/N-ethyl adjacent to an activating group) is 1. The fraction of sp³-hybridized carbons (Fsp3) is 0.500. The molecule has 0 radical (unpaired) electrons.